The zero-order valence-corrected chi connectivity index (χ0v) is 17.7. The van der Waals surface area contributed by atoms with Crippen molar-refractivity contribution >= 4 is 26.6 Å². The second-order valence-corrected chi connectivity index (χ2v) is 14.8. The first kappa shape index (κ1) is 19.3. The SMILES string of the molecule is [Cl-].c1ccc([As+](c2ccccc2)(c2ccccc2)C2CCCCC2)cc1. The molecule has 0 N–H and O–H groups in total. The van der Waals surface area contributed by atoms with Crippen LogP contribution in [0.5, 0.6) is 0 Å². The van der Waals surface area contributed by atoms with Crippen LogP contribution in [0.15, 0.2) is 91.0 Å². The van der Waals surface area contributed by atoms with Gasteiger partial charge in [0, 0.05) is 0 Å². The van der Waals surface area contributed by atoms with Gasteiger partial charge in [0.05, 0.1) is 0 Å². The van der Waals surface area contributed by atoms with Gasteiger partial charge < -0.3 is 12.4 Å². The number of halogens is 1. The fraction of sp³-hybridized carbons (Fsp3) is 0.250. The van der Waals surface area contributed by atoms with Gasteiger partial charge in [-0.15, -0.1) is 0 Å². The molecule has 3 aromatic carbocycles. The van der Waals surface area contributed by atoms with Gasteiger partial charge in [0.15, 0.2) is 0 Å². The molecule has 0 aromatic heterocycles. The van der Waals surface area contributed by atoms with Gasteiger partial charge in [0.25, 0.3) is 0 Å². The normalized spacial score (nSPS) is 15.2. The van der Waals surface area contributed by atoms with Crippen molar-refractivity contribution in [2.24, 2.45) is 0 Å². The molecule has 1 fully saturated rings. The second-order valence-electron chi connectivity index (χ2n) is 7.02. The van der Waals surface area contributed by atoms with E-state index >= 15 is 0 Å². The van der Waals surface area contributed by atoms with Gasteiger partial charge in [-0.25, -0.2) is 0 Å². The third-order valence-electron chi connectivity index (χ3n) is 5.61. The number of benzene rings is 3. The van der Waals surface area contributed by atoms with Crippen molar-refractivity contribution in [3.63, 3.8) is 0 Å². The third-order valence-corrected chi connectivity index (χ3v) is 16.0. The molecule has 0 heterocycles. The number of rotatable bonds is 4. The van der Waals surface area contributed by atoms with E-state index in [1.54, 1.807) is 13.1 Å². The summed E-state index contributed by atoms with van der Waals surface area (Å²) in [6, 6.07) is 34.3. The predicted octanol–water partition coefficient (Wildman–Crippen LogP) is 1.50. The Hall–Kier alpha value is -1.49. The van der Waals surface area contributed by atoms with E-state index in [4.69, 9.17) is 0 Å². The summed E-state index contributed by atoms with van der Waals surface area (Å²) in [4.78, 5) is 0. The van der Waals surface area contributed by atoms with Crippen molar-refractivity contribution in [3.8, 4) is 0 Å². The molecule has 1 aliphatic carbocycles. The van der Waals surface area contributed by atoms with Gasteiger partial charge in [0.1, 0.15) is 0 Å². The Bertz CT molecular complexity index is 684. The molecule has 26 heavy (non-hydrogen) atoms. The fourth-order valence-electron chi connectivity index (χ4n) is 4.54. The van der Waals surface area contributed by atoms with E-state index in [0.717, 1.165) is 4.71 Å². The molecule has 1 saturated carbocycles. The summed E-state index contributed by atoms with van der Waals surface area (Å²) in [5, 5.41) is 0. The first-order valence-electron chi connectivity index (χ1n) is 9.48. The van der Waals surface area contributed by atoms with Crippen LogP contribution in [0.2, 0.25) is 4.71 Å². The molecule has 0 spiro atoms. The molecule has 0 amide bonds. The third kappa shape index (κ3) is 3.50. The van der Waals surface area contributed by atoms with E-state index in [2.05, 4.69) is 91.0 Å². The van der Waals surface area contributed by atoms with Crippen LogP contribution in [0.25, 0.3) is 0 Å². The Morgan fingerprint density at radius 2 is 0.846 bits per heavy atom. The molecule has 1 aliphatic rings. The number of hydrogen-bond acceptors (Lipinski definition) is 0. The molecule has 0 bridgehead atoms. The summed E-state index contributed by atoms with van der Waals surface area (Å²) in [5.41, 5.74) is 0. The van der Waals surface area contributed by atoms with Gasteiger partial charge in [0.2, 0.25) is 0 Å². The van der Waals surface area contributed by atoms with Crippen LogP contribution in [-0.4, -0.2) is 13.6 Å². The summed E-state index contributed by atoms with van der Waals surface area (Å²) >= 11 is -2.49. The maximum atomic E-state index is 2.40. The Balaban J connectivity index is 0.00000196. The van der Waals surface area contributed by atoms with Gasteiger partial charge in [-0.3, -0.25) is 0 Å². The Labute approximate surface area is 166 Å². The first-order chi connectivity index (χ1) is 12.4. The Kier molecular flexibility index (Phi) is 6.62. The molecular weight excluding hydrogens is 399 g/mol. The van der Waals surface area contributed by atoms with E-state index < -0.39 is 13.6 Å². The van der Waals surface area contributed by atoms with Crippen molar-refractivity contribution in [1.29, 1.82) is 0 Å². The molecular formula is C24H26AsCl. The molecule has 3 aromatic rings. The quantitative estimate of drug-likeness (QED) is 0.557. The van der Waals surface area contributed by atoms with Crippen LogP contribution in [0.3, 0.4) is 0 Å². The molecule has 0 atom stereocenters. The van der Waals surface area contributed by atoms with Crippen molar-refractivity contribution in [3.05, 3.63) is 91.0 Å². The molecule has 0 unspecified atom stereocenters. The van der Waals surface area contributed by atoms with Crippen LogP contribution in [0.4, 0.5) is 0 Å². The summed E-state index contributed by atoms with van der Waals surface area (Å²) in [6.07, 6.45) is 6.95. The van der Waals surface area contributed by atoms with Crippen molar-refractivity contribution in [1.82, 2.24) is 0 Å². The van der Waals surface area contributed by atoms with E-state index in [-0.39, 0.29) is 12.4 Å². The molecule has 134 valence electrons. The van der Waals surface area contributed by atoms with Gasteiger partial charge in [-0.2, -0.15) is 0 Å². The Morgan fingerprint density at radius 3 is 1.19 bits per heavy atom. The average molecular weight is 425 g/mol. The van der Waals surface area contributed by atoms with E-state index in [9.17, 15) is 0 Å². The van der Waals surface area contributed by atoms with Crippen LogP contribution in [0.1, 0.15) is 32.1 Å². The van der Waals surface area contributed by atoms with E-state index in [0.29, 0.717) is 0 Å². The molecule has 0 nitrogen and oxygen atoms in total. The summed E-state index contributed by atoms with van der Waals surface area (Å²) in [6.45, 7) is 0. The zero-order chi connectivity index (χ0) is 17.0. The average Bonchev–Trinajstić information content (AvgIpc) is 2.72. The van der Waals surface area contributed by atoms with Crippen molar-refractivity contribution in [2.45, 2.75) is 36.8 Å². The van der Waals surface area contributed by atoms with Gasteiger partial charge in [-0.1, -0.05) is 0 Å². The summed E-state index contributed by atoms with van der Waals surface area (Å²) < 4.78 is 5.62. The van der Waals surface area contributed by atoms with Crippen LogP contribution < -0.4 is 25.5 Å². The second kappa shape index (κ2) is 8.94. The van der Waals surface area contributed by atoms with Crippen LogP contribution >= 0.6 is 0 Å². The van der Waals surface area contributed by atoms with Gasteiger partial charge in [-0.05, 0) is 0 Å². The van der Waals surface area contributed by atoms with E-state index in [1.807, 2.05) is 0 Å². The number of hydrogen-bond donors (Lipinski definition) is 0. The first-order valence-corrected chi connectivity index (χ1v) is 13.4. The summed E-state index contributed by atoms with van der Waals surface area (Å²) in [7, 11) is 0. The molecule has 0 aliphatic heterocycles. The molecule has 0 saturated heterocycles. The summed E-state index contributed by atoms with van der Waals surface area (Å²) in [5.74, 6) is 0. The fourth-order valence-corrected chi connectivity index (χ4v) is 15.5. The zero-order valence-electron chi connectivity index (χ0n) is 15.1. The van der Waals surface area contributed by atoms with Crippen LogP contribution in [0, 0.1) is 0 Å². The standard InChI is InChI=1S/C24H26As.ClH/c1-5-13-21(14-6-1)25(22-15-7-2-8-16-22,23-17-9-3-10-18-23)24-19-11-4-12-20-24;/h1-3,5-10,13-18,24H,4,11-12,19-20H2;1H/q+1;/p-1. The minimum absolute atomic E-state index is 0. The van der Waals surface area contributed by atoms with Gasteiger partial charge >= 0.3 is 154 Å². The van der Waals surface area contributed by atoms with Crippen LogP contribution in [-0.2, 0) is 0 Å². The Morgan fingerprint density at radius 1 is 0.500 bits per heavy atom. The van der Waals surface area contributed by atoms with Crippen molar-refractivity contribution in [2.75, 3.05) is 0 Å². The van der Waals surface area contributed by atoms with Crippen molar-refractivity contribution < 1.29 is 12.4 Å². The maximum absolute atomic E-state index is 2.49. The topological polar surface area (TPSA) is 0 Å². The van der Waals surface area contributed by atoms with E-state index in [1.165, 1.54) is 32.1 Å². The predicted molar refractivity (Wildman–Crippen MR) is 111 cm³/mol. The molecule has 0 radical (unpaired) electrons. The molecule has 2 heteroatoms. The monoisotopic (exact) mass is 424 g/mol. The molecule has 4 rings (SSSR count). The minimum atomic E-state index is -2.49.